The van der Waals surface area contributed by atoms with Crippen molar-refractivity contribution in [3.63, 3.8) is 0 Å². The number of hydrogen-bond donors (Lipinski definition) is 1. The van der Waals surface area contributed by atoms with Crippen molar-refractivity contribution in [3.05, 3.63) is 9.98 Å². The second-order valence-corrected chi connectivity index (χ2v) is 5.89. The van der Waals surface area contributed by atoms with Gasteiger partial charge in [-0.05, 0) is 35.7 Å². The lowest BCUT2D eigenvalue weighted by Crippen LogP contribution is -2.36. The Balaban J connectivity index is 2.01. The van der Waals surface area contributed by atoms with E-state index in [1.54, 1.807) is 11.3 Å². The maximum absolute atomic E-state index is 4.37. The van der Waals surface area contributed by atoms with Gasteiger partial charge < -0.3 is 5.32 Å². The molecule has 1 heterocycles. The topological polar surface area (TPSA) is 24.9 Å². The van der Waals surface area contributed by atoms with E-state index in [0.717, 1.165) is 9.73 Å². The van der Waals surface area contributed by atoms with Crippen LogP contribution in [0.3, 0.4) is 0 Å². The molecule has 0 bridgehead atoms. The molecule has 2 nitrogen and oxygen atoms in total. The minimum absolute atomic E-state index is 0.273. The Kier molecular flexibility index (Phi) is 3.12. The quantitative estimate of drug-likeness (QED) is 0.881. The Morgan fingerprint density at radius 1 is 1.43 bits per heavy atom. The standard InChI is InChI=1S/C10H15BrN2S/c1-10(5-3-2-4-6-10)13-9-12-8(11)7-14-9/h7H,2-6H2,1H3,(H,12,13). The summed E-state index contributed by atoms with van der Waals surface area (Å²) in [5.41, 5.74) is 0.273. The van der Waals surface area contributed by atoms with Crippen LogP contribution >= 0.6 is 27.3 Å². The second kappa shape index (κ2) is 4.19. The van der Waals surface area contributed by atoms with Crippen molar-refractivity contribution in [3.8, 4) is 0 Å². The first-order chi connectivity index (χ1) is 6.68. The van der Waals surface area contributed by atoms with Gasteiger partial charge in [0.2, 0.25) is 0 Å². The largest absolute Gasteiger partial charge is 0.356 e. The SMILES string of the molecule is CC1(Nc2nc(Br)cs2)CCCCC1. The van der Waals surface area contributed by atoms with Crippen LogP contribution in [0.2, 0.25) is 0 Å². The number of nitrogens with one attached hydrogen (secondary N) is 1. The molecule has 0 saturated heterocycles. The van der Waals surface area contributed by atoms with Crippen LogP contribution < -0.4 is 5.32 Å². The molecule has 1 N–H and O–H groups in total. The molecular weight excluding hydrogens is 260 g/mol. The highest BCUT2D eigenvalue weighted by Gasteiger charge is 2.27. The molecule has 0 unspecified atom stereocenters. The fourth-order valence-corrected chi connectivity index (χ4v) is 3.32. The Bertz CT molecular complexity index is 305. The van der Waals surface area contributed by atoms with Crippen molar-refractivity contribution in [1.29, 1.82) is 0 Å². The highest BCUT2D eigenvalue weighted by molar-refractivity contribution is 9.10. The van der Waals surface area contributed by atoms with E-state index in [2.05, 4.69) is 33.2 Å². The van der Waals surface area contributed by atoms with E-state index in [9.17, 15) is 0 Å². The lowest BCUT2D eigenvalue weighted by molar-refractivity contribution is 0.349. The van der Waals surface area contributed by atoms with Crippen molar-refractivity contribution in [1.82, 2.24) is 4.98 Å². The molecule has 1 aromatic heterocycles. The molecule has 78 valence electrons. The van der Waals surface area contributed by atoms with Crippen LogP contribution in [0, 0.1) is 0 Å². The van der Waals surface area contributed by atoms with Gasteiger partial charge in [-0.25, -0.2) is 4.98 Å². The summed E-state index contributed by atoms with van der Waals surface area (Å²) in [6.45, 7) is 2.31. The predicted molar refractivity (Wildman–Crippen MR) is 64.9 cm³/mol. The molecule has 0 aliphatic heterocycles. The van der Waals surface area contributed by atoms with Crippen LogP contribution in [0.4, 0.5) is 5.13 Å². The minimum Gasteiger partial charge on any atom is -0.356 e. The fourth-order valence-electron chi connectivity index (χ4n) is 2.03. The summed E-state index contributed by atoms with van der Waals surface area (Å²) in [5.74, 6) is 0. The number of thiazole rings is 1. The van der Waals surface area contributed by atoms with Gasteiger partial charge in [0, 0.05) is 10.9 Å². The van der Waals surface area contributed by atoms with Gasteiger partial charge in [-0.2, -0.15) is 0 Å². The van der Waals surface area contributed by atoms with Gasteiger partial charge >= 0.3 is 0 Å². The molecule has 4 heteroatoms. The highest BCUT2D eigenvalue weighted by atomic mass is 79.9. The van der Waals surface area contributed by atoms with Gasteiger partial charge in [0.05, 0.1) is 0 Å². The molecule has 0 radical (unpaired) electrons. The smallest absolute Gasteiger partial charge is 0.184 e. The number of aromatic nitrogens is 1. The summed E-state index contributed by atoms with van der Waals surface area (Å²) < 4.78 is 0.935. The molecule has 0 amide bonds. The van der Waals surface area contributed by atoms with Gasteiger partial charge in [0.25, 0.3) is 0 Å². The molecule has 0 aromatic carbocycles. The molecule has 1 aromatic rings. The van der Waals surface area contributed by atoms with Gasteiger partial charge in [0.1, 0.15) is 4.60 Å². The monoisotopic (exact) mass is 274 g/mol. The first kappa shape index (κ1) is 10.4. The first-order valence-corrected chi connectivity index (χ1v) is 6.74. The Labute approximate surface area is 97.3 Å². The van der Waals surface area contributed by atoms with Crippen molar-refractivity contribution in [2.75, 3.05) is 5.32 Å². The van der Waals surface area contributed by atoms with Gasteiger partial charge in [-0.1, -0.05) is 19.3 Å². The third-order valence-electron chi connectivity index (χ3n) is 2.84. The Morgan fingerprint density at radius 3 is 2.71 bits per heavy atom. The van der Waals surface area contributed by atoms with E-state index < -0.39 is 0 Å². The maximum atomic E-state index is 4.37. The Hall–Kier alpha value is -0.0900. The zero-order valence-corrected chi connectivity index (χ0v) is 10.7. The zero-order chi connectivity index (χ0) is 10.0. The van der Waals surface area contributed by atoms with E-state index >= 15 is 0 Å². The van der Waals surface area contributed by atoms with Crippen LogP contribution in [0.5, 0.6) is 0 Å². The van der Waals surface area contributed by atoms with Crippen LogP contribution in [-0.4, -0.2) is 10.5 Å². The summed E-state index contributed by atoms with van der Waals surface area (Å²) in [6.07, 6.45) is 6.61. The number of nitrogens with zero attached hydrogens (tertiary/aromatic N) is 1. The van der Waals surface area contributed by atoms with Gasteiger partial charge in [-0.15, -0.1) is 11.3 Å². The number of hydrogen-bond acceptors (Lipinski definition) is 3. The number of halogens is 1. The maximum Gasteiger partial charge on any atom is 0.184 e. The molecular formula is C10H15BrN2S. The average Bonchev–Trinajstić information content (AvgIpc) is 2.51. The molecule has 1 aliphatic carbocycles. The molecule has 0 spiro atoms. The lowest BCUT2D eigenvalue weighted by atomic mass is 9.83. The van der Waals surface area contributed by atoms with Crippen LogP contribution in [0.25, 0.3) is 0 Å². The molecule has 2 rings (SSSR count). The van der Waals surface area contributed by atoms with E-state index in [1.807, 2.05) is 5.38 Å². The van der Waals surface area contributed by atoms with E-state index in [0.29, 0.717) is 0 Å². The lowest BCUT2D eigenvalue weighted by Gasteiger charge is -2.34. The van der Waals surface area contributed by atoms with E-state index in [1.165, 1.54) is 32.1 Å². The third kappa shape index (κ3) is 2.48. The Morgan fingerprint density at radius 2 is 2.14 bits per heavy atom. The average molecular weight is 275 g/mol. The molecule has 1 saturated carbocycles. The normalized spacial score (nSPS) is 20.7. The summed E-state index contributed by atoms with van der Waals surface area (Å²) in [5, 5.41) is 6.62. The highest BCUT2D eigenvalue weighted by Crippen LogP contribution is 2.32. The number of rotatable bonds is 2. The van der Waals surface area contributed by atoms with Crippen LogP contribution in [0.1, 0.15) is 39.0 Å². The summed E-state index contributed by atoms with van der Waals surface area (Å²) in [6, 6.07) is 0. The summed E-state index contributed by atoms with van der Waals surface area (Å²) in [4.78, 5) is 4.37. The molecule has 14 heavy (non-hydrogen) atoms. The van der Waals surface area contributed by atoms with Crippen molar-refractivity contribution in [2.24, 2.45) is 0 Å². The van der Waals surface area contributed by atoms with E-state index in [-0.39, 0.29) is 5.54 Å². The first-order valence-electron chi connectivity index (χ1n) is 5.07. The summed E-state index contributed by atoms with van der Waals surface area (Å²) >= 11 is 5.05. The van der Waals surface area contributed by atoms with Crippen molar-refractivity contribution >= 4 is 32.4 Å². The zero-order valence-electron chi connectivity index (χ0n) is 8.35. The summed E-state index contributed by atoms with van der Waals surface area (Å²) in [7, 11) is 0. The van der Waals surface area contributed by atoms with Gasteiger partial charge in [-0.3, -0.25) is 0 Å². The van der Waals surface area contributed by atoms with Crippen molar-refractivity contribution in [2.45, 2.75) is 44.6 Å². The van der Waals surface area contributed by atoms with E-state index in [4.69, 9.17) is 0 Å². The van der Waals surface area contributed by atoms with Crippen LogP contribution in [-0.2, 0) is 0 Å². The van der Waals surface area contributed by atoms with Gasteiger partial charge in [0.15, 0.2) is 5.13 Å². The molecule has 0 atom stereocenters. The predicted octanol–water partition coefficient (Wildman–Crippen LogP) is 4.04. The third-order valence-corrected chi connectivity index (χ3v) is 4.31. The second-order valence-electron chi connectivity index (χ2n) is 4.22. The van der Waals surface area contributed by atoms with Crippen molar-refractivity contribution < 1.29 is 0 Å². The minimum atomic E-state index is 0.273. The molecule has 1 aliphatic rings. The molecule has 1 fully saturated rings. The number of anilines is 1. The van der Waals surface area contributed by atoms with Crippen LogP contribution in [0.15, 0.2) is 9.98 Å². The fraction of sp³-hybridized carbons (Fsp3) is 0.700.